The zero-order chi connectivity index (χ0) is 13.7. The van der Waals surface area contributed by atoms with Crippen LogP contribution >= 0.6 is 11.8 Å². The quantitative estimate of drug-likeness (QED) is 0.817. The number of aromatic carboxylic acids is 1. The molecule has 98 valence electrons. The van der Waals surface area contributed by atoms with E-state index in [1.165, 1.54) is 6.07 Å². The van der Waals surface area contributed by atoms with Gasteiger partial charge in [-0.25, -0.2) is 14.8 Å². The summed E-state index contributed by atoms with van der Waals surface area (Å²) in [7, 11) is 1.70. The van der Waals surface area contributed by atoms with Gasteiger partial charge in [-0.1, -0.05) is 18.2 Å². The van der Waals surface area contributed by atoms with Gasteiger partial charge in [-0.3, -0.25) is 0 Å². The molecule has 2 rings (SSSR count). The van der Waals surface area contributed by atoms with Gasteiger partial charge in [0.25, 0.3) is 0 Å². The number of carboxylic acids is 1. The molecule has 0 fully saturated rings. The summed E-state index contributed by atoms with van der Waals surface area (Å²) in [6.07, 6.45) is 0. The van der Waals surface area contributed by atoms with Crippen molar-refractivity contribution in [1.29, 1.82) is 0 Å². The molecule has 0 spiro atoms. The van der Waals surface area contributed by atoms with E-state index < -0.39 is 5.97 Å². The molecule has 0 amide bonds. The van der Waals surface area contributed by atoms with Crippen LogP contribution in [0.3, 0.4) is 0 Å². The number of nitrogens with one attached hydrogen (secondary N) is 1. The van der Waals surface area contributed by atoms with Crippen LogP contribution in [0.1, 0.15) is 16.3 Å². The third kappa shape index (κ3) is 3.69. The van der Waals surface area contributed by atoms with Gasteiger partial charge < -0.3 is 10.4 Å². The highest BCUT2D eigenvalue weighted by Gasteiger charge is 2.10. The smallest absolute Gasteiger partial charge is 0.354 e. The minimum atomic E-state index is -1.05. The predicted octanol–water partition coefficient (Wildman–Crippen LogP) is 2.51. The van der Waals surface area contributed by atoms with E-state index in [1.54, 1.807) is 18.8 Å². The highest BCUT2D eigenvalue weighted by atomic mass is 32.2. The Morgan fingerprint density at radius 1 is 1.32 bits per heavy atom. The Hall–Kier alpha value is -2.08. The molecule has 2 N–H and O–H groups in total. The second-order valence-electron chi connectivity index (χ2n) is 3.71. The first-order chi connectivity index (χ1) is 9.19. The molecule has 0 radical (unpaired) electrons. The number of aromatic nitrogens is 2. The summed E-state index contributed by atoms with van der Waals surface area (Å²) < 4.78 is 0. The average Bonchev–Trinajstić information content (AvgIpc) is 2.45. The molecule has 1 heterocycles. The van der Waals surface area contributed by atoms with Crippen LogP contribution in [0.2, 0.25) is 0 Å². The van der Waals surface area contributed by atoms with E-state index in [4.69, 9.17) is 5.11 Å². The van der Waals surface area contributed by atoms with Crippen molar-refractivity contribution in [3.8, 4) is 0 Å². The van der Waals surface area contributed by atoms with E-state index in [0.717, 1.165) is 4.90 Å². The molecule has 1 aromatic heterocycles. The molecule has 5 nitrogen and oxygen atoms in total. The summed E-state index contributed by atoms with van der Waals surface area (Å²) in [6, 6.07) is 11.3. The zero-order valence-corrected chi connectivity index (χ0v) is 11.1. The number of benzene rings is 1. The van der Waals surface area contributed by atoms with Crippen molar-refractivity contribution in [1.82, 2.24) is 9.97 Å². The van der Waals surface area contributed by atoms with Gasteiger partial charge in [0, 0.05) is 18.0 Å². The minimum absolute atomic E-state index is 0.00279. The number of carboxylic acid groups (broad SMARTS) is 1. The number of anilines is 1. The van der Waals surface area contributed by atoms with Crippen LogP contribution in [0.4, 0.5) is 5.82 Å². The van der Waals surface area contributed by atoms with Crippen molar-refractivity contribution in [3.63, 3.8) is 0 Å². The Labute approximate surface area is 115 Å². The number of rotatable bonds is 5. The molecule has 0 unspecified atom stereocenters. The van der Waals surface area contributed by atoms with Crippen LogP contribution in [0.25, 0.3) is 0 Å². The number of nitrogens with zero attached hydrogens (tertiary/aromatic N) is 2. The lowest BCUT2D eigenvalue weighted by Gasteiger charge is -2.05. The zero-order valence-electron chi connectivity index (χ0n) is 10.3. The second-order valence-corrected chi connectivity index (χ2v) is 4.76. The Bertz CT molecular complexity index is 575. The molecule has 0 saturated heterocycles. The van der Waals surface area contributed by atoms with Crippen LogP contribution in [-0.4, -0.2) is 28.1 Å². The van der Waals surface area contributed by atoms with Gasteiger partial charge >= 0.3 is 5.97 Å². The summed E-state index contributed by atoms with van der Waals surface area (Å²) >= 11 is 1.57. The van der Waals surface area contributed by atoms with E-state index in [9.17, 15) is 4.79 Å². The molecule has 2 aromatic rings. The second kappa shape index (κ2) is 6.19. The minimum Gasteiger partial charge on any atom is -0.477 e. The summed E-state index contributed by atoms with van der Waals surface area (Å²) in [5.74, 6) is 0.485. The van der Waals surface area contributed by atoms with Crippen LogP contribution in [0.15, 0.2) is 41.3 Å². The topological polar surface area (TPSA) is 75.1 Å². The SMILES string of the molecule is CNc1cc(C(=O)O)nc(CSc2ccccc2)n1. The van der Waals surface area contributed by atoms with Gasteiger partial charge in [0.05, 0.1) is 5.75 Å². The van der Waals surface area contributed by atoms with Crippen LogP contribution < -0.4 is 5.32 Å². The van der Waals surface area contributed by atoms with E-state index in [2.05, 4.69) is 15.3 Å². The van der Waals surface area contributed by atoms with E-state index in [1.807, 2.05) is 30.3 Å². The fourth-order valence-corrected chi connectivity index (χ4v) is 2.24. The lowest BCUT2D eigenvalue weighted by Crippen LogP contribution is -2.07. The first-order valence-electron chi connectivity index (χ1n) is 5.66. The van der Waals surface area contributed by atoms with Crippen molar-refractivity contribution in [2.45, 2.75) is 10.6 Å². The van der Waals surface area contributed by atoms with Gasteiger partial charge in [0.15, 0.2) is 5.69 Å². The number of hydrogen-bond acceptors (Lipinski definition) is 5. The molecule has 0 aliphatic carbocycles. The third-order valence-corrected chi connectivity index (χ3v) is 3.37. The van der Waals surface area contributed by atoms with Gasteiger partial charge in [0.2, 0.25) is 0 Å². The van der Waals surface area contributed by atoms with Crippen LogP contribution in [0.5, 0.6) is 0 Å². The van der Waals surface area contributed by atoms with Crippen molar-refractivity contribution in [2.75, 3.05) is 12.4 Å². The number of hydrogen-bond donors (Lipinski definition) is 2. The molecule has 0 bridgehead atoms. The van der Waals surface area contributed by atoms with Crippen LogP contribution in [0, 0.1) is 0 Å². The molecule has 19 heavy (non-hydrogen) atoms. The molecule has 0 saturated carbocycles. The largest absolute Gasteiger partial charge is 0.477 e. The van der Waals surface area contributed by atoms with Crippen molar-refractivity contribution < 1.29 is 9.90 Å². The standard InChI is InChI=1S/C13H13N3O2S/c1-14-11-7-10(13(17)18)15-12(16-11)8-19-9-5-3-2-4-6-9/h2-7H,8H2,1H3,(H,17,18)(H,14,15,16). The summed E-state index contributed by atoms with van der Waals surface area (Å²) in [4.78, 5) is 20.3. The maximum atomic E-state index is 11.0. The molecule has 6 heteroatoms. The lowest BCUT2D eigenvalue weighted by atomic mass is 10.4. The fraction of sp³-hybridized carbons (Fsp3) is 0.154. The first kappa shape index (κ1) is 13.4. The lowest BCUT2D eigenvalue weighted by molar-refractivity contribution is 0.0690. The summed E-state index contributed by atoms with van der Waals surface area (Å²) in [5.41, 5.74) is 0.00279. The van der Waals surface area contributed by atoms with Gasteiger partial charge in [0.1, 0.15) is 11.6 Å². The third-order valence-electron chi connectivity index (χ3n) is 2.36. The first-order valence-corrected chi connectivity index (χ1v) is 6.64. The Morgan fingerprint density at radius 2 is 2.05 bits per heavy atom. The Kier molecular flexibility index (Phi) is 4.35. The van der Waals surface area contributed by atoms with E-state index >= 15 is 0 Å². The molecular weight excluding hydrogens is 262 g/mol. The summed E-state index contributed by atoms with van der Waals surface area (Å²) in [5, 5.41) is 11.8. The van der Waals surface area contributed by atoms with Gasteiger partial charge in [-0.05, 0) is 12.1 Å². The molecule has 0 aliphatic heterocycles. The van der Waals surface area contributed by atoms with E-state index in [0.29, 0.717) is 17.4 Å². The molecule has 0 aliphatic rings. The Morgan fingerprint density at radius 3 is 2.68 bits per heavy atom. The maximum absolute atomic E-state index is 11.0. The maximum Gasteiger partial charge on any atom is 0.354 e. The molecule has 1 aromatic carbocycles. The van der Waals surface area contributed by atoms with Gasteiger partial charge in [-0.15, -0.1) is 11.8 Å². The van der Waals surface area contributed by atoms with Crippen molar-refractivity contribution in [3.05, 3.63) is 47.9 Å². The Balaban J connectivity index is 2.15. The fourth-order valence-electron chi connectivity index (χ4n) is 1.46. The number of thioether (sulfide) groups is 1. The predicted molar refractivity (Wildman–Crippen MR) is 74.5 cm³/mol. The monoisotopic (exact) mass is 275 g/mol. The molecule has 0 atom stereocenters. The normalized spacial score (nSPS) is 10.2. The van der Waals surface area contributed by atoms with Crippen LogP contribution in [-0.2, 0) is 5.75 Å². The van der Waals surface area contributed by atoms with Gasteiger partial charge in [-0.2, -0.15) is 0 Å². The summed E-state index contributed by atoms with van der Waals surface area (Å²) in [6.45, 7) is 0. The number of carbonyl (C=O) groups is 1. The molecular formula is C13H13N3O2S. The highest BCUT2D eigenvalue weighted by Crippen LogP contribution is 2.21. The van der Waals surface area contributed by atoms with E-state index in [-0.39, 0.29) is 5.69 Å². The van der Waals surface area contributed by atoms with Crippen molar-refractivity contribution >= 4 is 23.5 Å². The average molecular weight is 275 g/mol. The highest BCUT2D eigenvalue weighted by molar-refractivity contribution is 7.98. The van der Waals surface area contributed by atoms with Crippen molar-refractivity contribution in [2.24, 2.45) is 0 Å².